The first-order chi connectivity index (χ1) is 12.6. The van der Waals surface area contributed by atoms with Crippen LogP contribution in [0.4, 0.5) is 0 Å². The molecule has 0 bridgehead atoms. The minimum absolute atomic E-state index is 0.0945. The second-order valence-corrected chi connectivity index (χ2v) is 7.08. The van der Waals surface area contributed by atoms with Crippen molar-refractivity contribution in [1.29, 1.82) is 0 Å². The predicted molar refractivity (Wildman–Crippen MR) is 102 cm³/mol. The molecule has 0 amide bonds. The van der Waals surface area contributed by atoms with Crippen molar-refractivity contribution >= 4 is 28.3 Å². The molecule has 0 aliphatic heterocycles. The number of hydrogen-bond acceptors (Lipinski definition) is 4. The highest BCUT2D eigenvalue weighted by Gasteiger charge is 2.18. The monoisotopic (exact) mass is 367 g/mol. The lowest BCUT2D eigenvalue weighted by atomic mass is 10.1. The lowest BCUT2D eigenvalue weighted by molar-refractivity contribution is 0.509. The minimum Gasteiger partial charge on any atom is -0.315 e. The molecule has 0 aliphatic rings. The van der Waals surface area contributed by atoms with E-state index in [-0.39, 0.29) is 5.56 Å². The maximum Gasteiger partial charge on any atom is 0.262 e. The van der Waals surface area contributed by atoms with Gasteiger partial charge in [-0.05, 0) is 24.5 Å². The van der Waals surface area contributed by atoms with Gasteiger partial charge >= 0.3 is 0 Å². The fourth-order valence-corrected chi connectivity index (χ4v) is 3.26. The molecule has 0 N–H and O–H groups in total. The molecule has 1 aromatic carbocycles. The van der Waals surface area contributed by atoms with Gasteiger partial charge in [-0.2, -0.15) is 14.6 Å². The predicted octanol–water partition coefficient (Wildman–Crippen LogP) is 3.81. The first kappa shape index (κ1) is 16.7. The lowest BCUT2D eigenvalue weighted by Crippen LogP contribution is -2.22. The van der Waals surface area contributed by atoms with Crippen LogP contribution in [0.3, 0.4) is 0 Å². The third-order valence-corrected chi connectivity index (χ3v) is 4.75. The standard InChI is InChI=1S/C19H18ClN5O/c1-12(2)7-9-24-10-8-15-16(18(24)26)17(13-5-3-4-6-14(13)20)25-19(23-15)21-11-22-25/h3-6,8,10-12H,7,9H2,1-2H3. The second-order valence-electron chi connectivity index (χ2n) is 6.67. The zero-order valence-electron chi connectivity index (χ0n) is 14.6. The molecule has 132 valence electrons. The molecule has 0 radical (unpaired) electrons. The smallest absolute Gasteiger partial charge is 0.262 e. The van der Waals surface area contributed by atoms with Gasteiger partial charge in [0.25, 0.3) is 11.3 Å². The van der Waals surface area contributed by atoms with E-state index in [0.717, 1.165) is 12.0 Å². The van der Waals surface area contributed by atoms with E-state index in [0.29, 0.717) is 39.9 Å². The Kier molecular flexibility index (Phi) is 4.20. The minimum atomic E-state index is -0.0945. The van der Waals surface area contributed by atoms with Gasteiger partial charge in [-0.25, -0.2) is 4.98 Å². The number of benzene rings is 1. The second kappa shape index (κ2) is 6.53. The third kappa shape index (κ3) is 2.76. The van der Waals surface area contributed by atoms with Crippen LogP contribution in [0.1, 0.15) is 20.3 Å². The molecule has 3 heterocycles. The van der Waals surface area contributed by atoms with Crippen LogP contribution in [0.15, 0.2) is 47.7 Å². The maximum atomic E-state index is 13.2. The molecule has 0 saturated carbocycles. The number of aryl methyl sites for hydroxylation is 1. The Bertz CT molecular complexity index is 1160. The summed E-state index contributed by atoms with van der Waals surface area (Å²) in [5.41, 5.74) is 1.85. The number of halogens is 1. The molecule has 4 aromatic rings. The van der Waals surface area contributed by atoms with Gasteiger partial charge in [-0.1, -0.05) is 43.6 Å². The number of nitrogens with zero attached hydrogens (tertiary/aromatic N) is 5. The van der Waals surface area contributed by atoms with Gasteiger partial charge in [0.15, 0.2) is 0 Å². The van der Waals surface area contributed by atoms with E-state index < -0.39 is 0 Å². The third-order valence-electron chi connectivity index (χ3n) is 4.42. The fourth-order valence-electron chi connectivity index (χ4n) is 3.04. The van der Waals surface area contributed by atoms with E-state index in [2.05, 4.69) is 28.9 Å². The highest BCUT2D eigenvalue weighted by Crippen LogP contribution is 2.31. The molecule has 0 aliphatic carbocycles. The first-order valence-corrected chi connectivity index (χ1v) is 8.92. The highest BCUT2D eigenvalue weighted by atomic mass is 35.5. The van der Waals surface area contributed by atoms with Crippen LogP contribution >= 0.6 is 11.6 Å². The Morgan fingerprint density at radius 1 is 1.19 bits per heavy atom. The van der Waals surface area contributed by atoms with Crippen LogP contribution in [-0.4, -0.2) is 24.1 Å². The highest BCUT2D eigenvalue weighted by molar-refractivity contribution is 6.33. The molecule has 6 nitrogen and oxygen atoms in total. The summed E-state index contributed by atoms with van der Waals surface area (Å²) < 4.78 is 3.31. The van der Waals surface area contributed by atoms with Crippen LogP contribution in [0, 0.1) is 5.92 Å². The zero-order valence-corrected chi connectivity index (χ0v) is 15.3. The Morgan fingerprint density at radius 3 is 2.77 bits per heavy atom. The summed E-state index contributed by atoms with van der Waals surface area (Å²) in [5.74, 6) is 0.948. The number of pyridine rings is 1. The SMILES string of the molecule is CC(C)CCn1ccc2nc3ncnn3c(-c3ccccc3Cl)c2c1=O. The summed E-state index contributed by atoms with van der Waals surface area (Å²) in [6.45, 7) is 4.94. The van der Waals surface area contributed by atoms with E-state index >= 15 is 0 Å². The van der Waals surface area contributed by atoms with Crippen molar-refractivity contribution in [2.24, 2.45) is 5.92 Å². The zero-order chi connectivity index (χ0) is 18.3. The van der Waals surface area contributed by atoms with Crippen molar-refractivity contribution in [3.63, 3.8) is 0 Å². The van der Waals surface area contributed by atoms with Crippen molar-refractivity contribution in [2.75, 3.05) is 0 Å². The molecule has 0 unspecified atom stereocenters. The molecule has 4 rings (SSSR count). The maximum absolute atomic E-state index is 13.2. The summed E-state index contributed by atoms with van der Waals surface area (Å²) >= 11 is 6.43. The van der Waals surface area contributed by atoms with E-state index in [1.165, 1.54) is 6.33 Å². The molecule has 7 heteroatoms. The van der Waals surface area contributed by atoms with E-state index in [4.69, 9.17) is 11.6 Å². The Labute approximate surface area is 155 Å². The van der Waals surface area contributed by atoms with Crippen molar-refractivity contribution in [2.45, 2.75) is 26.8 Å². The van der Waals surface area contributed by atoms with E-state index in [1.807, 2.05) is 24.3 Å². The van der Waals surface area contributed by atoms with Crippen LogP contribution < -0.4 is 5.56 Å². The number of rotatable bonds is 4. The van der Waals surface area contributed by atoms with Crippen LogP contribution in [0.2, 0.25) is 5.02 Å². The molecule has 26 heavy (non-hydrogen) atoms. The Hall–Kier alpha value is -2.73. The molecule has 0 atom stereocenters. The number of hydrogen-bond donors (Lipinski definition) is 0. The largest absolute Gasteiger partial charge is 0.315 e. The Balaban J connectivity index is 2.08. The summed E-state index contributed by atoms with van der Waals surface area (Å²) in [4.78, 5) is 21.9. The van der Waals surface area contributed by atoms with Crippen LogP contribution in [-0.2, 0) is 6.54 Å². The van der Waals surface area contributed by atoms with Gasteiger partial charge in [-0.15, -0.1) is 0 Å². The Morgan fingerprint density at radius 2 is 2.00 bits per heavy atom. The summed E-state index contributed by atoms with van der Waals surface area (Å²) in [6.07, 6.45) is 4.15. The van der Waals surface area contributed by atoms with Gasteiger partial charge in [-0.3, -0.25) is 4.79 Å². The summed E-state index contributed by atoms with van der Waals surface area (Å²) in [7, 11) is 0. The topological polar surface area (TPSA) is 65.1 Å². The van der Waals surface area contributed by atoms with Crippen molar-refractivity contribution in [1.82, 2.24) is 24.1 Å². The first-order valence-electron chi connectivity index (χ1n) is 8.54. The van der Waals surface area contributed by atoms with E-state index in [9.17, 15) is 4.79 Å². The van der Waals surface area contributed by atoms with Gasteiger partial charge in [0.2, 0.25) is 0 Å². The average Bonchev–Trinajstić information content (AvgIpc) is 3.08. The lowest BCUT2D eigenvalue weighted by Gasteiger charge is -2.13. The average molecular weight is 368 g/mol. The molecule has 0 saturated heterocycles. The number of aromatic nitrogens is 5. The number of fused-ring (bicyclic) bond motifs is 2. The van der Waals surface area contributed by atoms with Gasteiger partial charge in [0.1, 0.15) is 6.33 Å². The molecular formula is C19H18ClN5O. The van der Waals surface area contributed by atoms with Crippen LogP contribution in [0.5, 0.6) is 0 Å². The van der Waals surface area contributed by atoms with Crippen LogP contribution in [0.25, 0.3) is 27.9 Å². The molecule has 0 fully saturated rings. The fraction of sp³-hybridized carbons (Fsp3) is 0.263. The summed E-state index contributed by atoms with van der Waals surface area (Å²) in [5, 5.41) is 5.32. The summed E-state index contributed by atoms with van der Waals surface area (Å²) in [6, 6.07) is 9.27. The molecule has 3 aromatic heterocycles. The van der Waals surface area contributed by atoms with E-state index in [1.54, 1.807) is 21.3 Å². The van der Waals surface area contributed by atoms with Gasteiger partial charge < -0.3 is 4.57 Å². The molecular weight excluding hydrogens is 350 g/mol. The van der Waals surface area contributed by atoms with Crippen molar-refractivity contribution in [3.8, 4) is 11.3 Å². The van der Waals surface area contributed by atoms with Gasteiger partial charge in [0, 0.05) is 23.3 Å². The quantitative estimate of drug-likeness (QED) is 0.550. The normalized spacial score (nSPS) is 11.7. The van der Waals surface area contributed by atoms with Crippen molar-refractivity contribution in [3.05, 3.63) is 58.2 Å². The van der Waals surface area contributed by atoms with Gasteiger partial charge in [0.05, 0.1) is 16.6 Å². The van der Waals surface area contributed by atoms with Crippen molar-refractivity contribution < 1.29 is 0 Å². The molecule has 0 spiro atoms.